The van der Waals surface area contributed by atoms with Crippen LogP contribution >= 0.6 is 0 Å². The van der Waals surface area contributed by atoms with Crippen LogP contribution in [-0.2, 0) is 11.0 Å². The summed E-state index contributed by atoms with van der Waals surface area (Å²) >= 11 is 0. The van der Waals surface area contributed by atoms with Crippen molar-refractivity contribution >= 4 is 17.8 Å². The van der Waals surface area contributed by atoms with E-state index in [2.05, 4.69) is 10.3 Å². The summed E-state index contributed by atoms with van der Waals surface area (Å²) in [5.74, 6) is -0.0831. The second-order valence-electron chi connectivity index (χ2n) is 6.59. The lowest BCUT2D eigenvalue weighted by molar-refractivity contribution is -0.137. The zero-order valence-electron chi connectivity index (χ0n) is 15.4. The van der Waals surface area contributed by atoms with E-state index in [-0.39, 0.29) is 0 Å². The summed E-state index contributed by atoms with van der Waals surface area (Å²) in [4.78, 5) is 31.4. The molecule has 2 aromatic rings. The van der Waals surface area contributed by atoms with Crippen LogP contribution in [0.25, 0.3) is 0 Å². The molecule has 0 spiro atoms. The van der Waals surface area contributed by atoms with Gasteiger partial charge in [-0.2, -0.15) is 13.2 Å². The highest BCUT2D eigenvalue weighted by molar-refractivity contribution is 5.96. The SMILES string of the molecule is NC(=O)NC(=O)[C@H](c1ccccc1)N1CCN(c2ccc(C(F)(F)F)cn2)CC1. The molecule has 3 amide bonds. The highest BCUT2D eigenvalue weighted by Gasteiger charge is 2.33. The van der Waals surface area contributed by atoms with Crippen LogP contribution in [0.3, 0.4) is 0 Å². The highest BCUT2D eigenvalue weighted by Crippen LogP contribution is 2.30. The van der Waals surface area contributed by atoms with Crippen molar-refractivity contribution in [2.45, 2.75) is 12.2 Å². The van der Waals surface area contributed by atoms with Crippen LogP contribution in [0.15, 0.2) is 48.7 Å². The van der Waals surface area contributed by atoms with E-state index in [1.54, 1.807) is 24.3 Å². The maximum atomic E-state index is 12.7. The van der Waals surface area contributed by atoms with E-state index >= 15 is 0 Å². The molecule has 0 radical (unpaired) electrons. The molecular weight excluding hydrogens is 387 g/mol. The number of alkyl halides is 3. The number of nitrogens with zero attached hydrogens (tertiary/aromatic N) is 3. The van der Waals surface area contributed by atoms with Crippen LogP contribution in [0.5, 0.6) is 0 Å². The molecule has 1 aromatic heterocycles. The van der Waals surface area contributed by atoms with Gasteiger partial charge in [-0.25, -0.2) is 9.78 Å². The molecular formula is C19H20F3N5O2. The number of hydrogen-bond acceptors (Lipinski definition) is 5. The lowest BCUT2D eigenvalue weighted by Gasteiger charge is -2.39. The first-order valence-electron chi connectivity index (χ1n) is 8.93. The number of aromatic nitrogens is 1. The van der Waals surface area contributed by atoms with Gasteiger partial charge in [-0.05, 0) is 17.7 Å². The average molecular weight is 407 g/mol. The summed E-state index contributed by atoms with van der Waals surface area (Å²) in [6.07, 6.45) is -3.62. The molecule has 1 aliphatic rings. The van der Waals surface area contributed by atoms with Crippen LogP contribution in [0, 0.1) is 0 Å². The number of urea groups is 1. The van der Waals surface area contributed by atoms with Gasteiger partial charge >= 0.3 is 12.2 Å². The van der Waals surface area contributed by atoms with Gasteiger partial charge in [0.15, 0.2) is 0 Å². The number of anilines is 1. The van der Waals surface area contributed by atoms with E-state index < -0.39 is 29.7 Å². The number of halogens is 3. The minimum atomic E-state index is -4.43. The molecule has 29 heavy (non-hydrogen) atoms. The number of imide groups is 1. The molecule has 3 rings (SSSR count). The topological polar surface area (TPSA) is 91.6 Å². The smallest absolute Gasteiger partial charge is 0.354 e. The number of amides is 3. The molecule has 1 atom stereocenters. The number of rotatable bonds is 4. The second kappa shape index (κ2) is 8.48. The monoisotopic (exact) mass is 407 g/mol. The molecule has 154 valence electrons. The van der Waals surface area contributed by atoms with Gasteiger partial charge in [0.25, 0.3) is 0 Å². The van der Waals surface area contributed by atoms with Crippen molar-refractivity contribution in [2.75, 3.05) is 31.1 Å². The second-order valence-corrected chi connectivity index (χ2v) is 6.59. The van der Waals surface area contributed by atoms with Crippen LogP contribution in [0.2, 0.25) is 0 Å². The minimum Gasteiger partial charge on any atom is -0.354 e. The van der Waals surface area contributed by atoms with Gasteiger partial charge in [0.2, 0.25) is 5.91 Å². The predicted octanol–water partition coefficient (Wildman–Crippen LogP) is 2.16. The first kappa shape index (κ1) is 20.6. The number of carbonyl (C=O) groups excluding carboxylic acids is 2. The largest absolute Gasteiger partial charge is 0.417 e. The standard InChI is InChI=1S/C19H20F3N5O2/c20-19(21,22)14-6-7-15(24-12-14)26-8-10-27(11-9-26)16(17(28)25-18(23)29)13-4-2-1-3-5-13/h1-7,12,16H,8-11H2,(H3,23,25,28,29)/t16-/m0/s1. The lowest BCUT2D eigenvalue weighted by Crippen LogP contribution is -2.52. The Hall–Kier alpha value is -3.14. The van der Waals surface area contributed by atoms with Crippen molar-refractivity contribution in [3.05, 3.63) is 59.8 Å². The van der Waals surface area contributed by atoms with Crippen molar-refractivity contribution in [3.8, 4) is 0 Å². The number of nitrogens with two attached hydrogens (primary N) is 1. The Balaban J connectivity index is 1.71. The van der Waals surface area contributed by atoms with E-state index in [0.717, 1.165) is 12.3 Å². The molecule has 1 saturated heterocycles. The normalized spacial score (nSPS) is 16.3. The molecule has 0 bridgehead atoms. The zero-order valence-corrected chi connectivity index (χ0v) is 15.4. The average Bonchev–Trinajstić information content (AvgIpc) is 2.68. The van der Waals surface area contributed by atoms with Crippen LogP contribution < -0.4 is 16.0 Å². The van der Waals surface area contributed by atoms with Crippen molar-refractivity contribution in [3.63, 3.8) is 0 Å². The highest BCUT2D eigenvalue weighted by atomic mass is 19.4. The van der Waals surface area contributed by atoms with Gasteiger partial charge in [-0.1, -0.05) is 30.3 Å². The molecule has 0 unspecified atom stereocenters. The van der Waals surface area contributed by atoms with E-state index in [1.807, 2.05) is 15.9 Å². The molecule has 1 aromatic carbocycles. The van der Waals surface area contributed by atoms with Gasteiger partial charge in [0.1, 0.15) is 11.9 Å². The Bertz CT molecular complexity index is 850. The molecule has 3 N–H and O–H groups in total. The van der Waals surface area contributed by atoms with E-state index in [1.165, 1.54) is 6.07 Å². The first-order valence-corrected chi connectivity index (χ1v) is 8.93. The molecule has 0 aliphatic carbocycles. The minimum absolute atomic E-state index is 0.440. The quantitative estimate of drug-likeness (QED) is 0.811. The number of nitrogens with one attached hydrogen (secondary N) is 1. The molecule has 2 heterocycles. The van der Waals surface area contributed by atoms with Gasteiger partial charge in [-0.15, -0.1) is 0 Å². The number of carbonyl (C=O) groups is 2. The number of hydrogen-bond donors (Lipinski definition) is 2. The van der Waals surface area contributed by atoms with Crippen LogP contribution in [-0.4, -0.2) is 48.0 Å². The van der Waals surface area contributed by atoms with Crippen LogP contribution in [0.4, 0.5) is 23.8 Å². The fraction of sp³-hybridized carbons (Fsp3) is 0.316. The van der Waals surface area contributed by atoms with Crippen molar-refractivity contribution in [1.82, 2.24) is 15.2 Å². The van der Waals surface area contributed by atoms with E-state index in [9.17, 15) is 22.8 Å². The predicted molar refractivity (Wildman–Crippen MR) is 99.9 cm³/mol. The summed E-state index contributed by atoms with van der Waals surface area (Å²) in [5, 5.41) is 2.13. The Morgan fingerprint density at radius 1 is 1.03 bits per heavy atom. The van der Waals surface area contributed by atoms with E-state index in [4.69, 9.17) is 5.73 Å². The third kappa shape index (κ3) is 5.02. The summed E-state index contributed by atoms with van der Waals surface area (Å²) in [5.41, 5.74) is 5.01. The lowest BCUT2D eigenvalue weighted by atomic mass is 10.0. The Morgan fingerprint density at radius 2 is 1.69 bits per heavy atom. The number of piperazine rings is 1. The van der Waals surface area contributed by atoms with Gasteiger partial charge < -0.3 is 10.6 Å². The van der Waals surface area contributed by atoms with Crippen LogP contribution in [0.1, 0.15) is 17.2 Å². The molecule has 0 saturated carbocycles. The summed E-state index contributed by atoms with van der Waals surface area (Å²) in [7, 11) is 0. The fourth-order valence-electron chi connectivity index (χ4n) is 3.30. The number of benzene rings is 1. The third-order valence-corrected chi connectivity index (χ3v) is 4.69. The van der Waals surface area contributed by atoms with E-state index in [0.29, 0.717) is 37.6 Å². The van der Waals surface area contributed by atoms with Gasteiger partial charge in [0.05, 0.1) is 5.56 Å². The van der Waals surface area contributed by atoms with Crippen molar-refractivity contribution in [2.24, 2.45) is 5.73 Å². The Morgan fingerprint density at radius 3 is 2.21 bits per heavy atom. The first-order chi connectivity index (χ1) is 13.8. The van der Waals surface area contributed by atoms with Crippen molar-refractivity contribution in [1.29, 1.82) is 0 Å². The zero-order chi connectivity index (χ0) is 21.0. The Labute approximate surface area is 165 Å². The molecule has 1 fully saturated rings. The maximum Gasteiger partial charge on any atom is 0.417 e. The fourth-order valence-corrected chi connectivity index (χ4v) is 3.30. The number of pyridine rings is 1. The maximum absolute atomic E-state index is 12.7. The summed E-state index contributed by atoms with van der Waals surface area (Å²) in [6.45, 7) is 1.83. The number of primary amides is 1. The third-order valence-electron chi connectivity index (χ3n) is 4.69. The van der Waals surface area contributed by atoms with Crippen molar-refractivity contribution < 1.29 is 22.8 Å². The van der Waals surface area contributed by atoms with Gasteiger partial charge in [-0.3, -0.25) is 15.0 Å². The van der Waals surface area contributed by atoms with Gasteiger partial charge in [0, 0.05) is 32.4 Å². The summed E-state index contributed by atoms with van der Waals surface area (Å²) < 4.78 is 38.1. The molecule has 7 nitrogen and oxygen atoms in total. The molecule has 10 heteroatoms. The summed E-state index contributed by atoms with van der Waals surface area (Å²) in [6, 6.07) is 9.69. The molecule has 1 aliphatic heterocycles. The Kier molecular flexibility index (Phi) is 6.02.